The van der Waals surface area contributed by atoms with Crippen LogP contribution in [0, 0.1) is 0 Å². The Labute approximate surface area is 81.4 Å². The highest BCUT2D eigenvalue weighted by Gasteiger charge is 2.10. The average molecular weight is 186 g/mol. The van der Waals surface area contributed by atoms with Crippen LogP contribution < -0.4 is 5.32 Å². The van der Waals surface area contributed by atoms with E-state index in [4.69, 9.17) is 4.74 Å². The van der Waals surface area contributed by atoms with E-state index >= 15 is 0 Å². The Morgan fingerprint density at radius 3 is 2.69 bits per heavy atom. The second-order valence-electron chi connectivity index (χ2n) is 3.81. The van der Waals surface area contributed by atoms with E-state index in [0.717, 1.165) is 19.8 Å². The Morgan fingerprint density at radius 1 is 1.38 bits per heavy atom. The lowest BCUT2D eigenvalue weighted by Crippen LogP contribution is -2.29. The van der Waals surface area contributed by atoms with Crippen LogP contribution in [0.15, 0.2) is 0 Å². The summed E-state index contributed by atoms with van der Waals surface area (Å²) in [4.78, 5) is 2.48. The van der Waals surface area contributed by atoms with Gasteiger partial charge >= 0.3 is 0 Å². The van der Waals surface area contributed by atoms with E-state index in [1.807, 2.05) is 7.05 Å². The third-order valence-corrected chi connectivity index (χ3v) is 2.61. The van der Waals surface area contributed by atoms with E-state index in [2.05, 4.69) is 17.1 Å². The van der Waals surface area contributed by atoms with Gasteiger partial charge in [-0.15, -0.1) is 0 Å². The normalized spacial score (nSPS) is 20.8. The summed E-state index contributed by atoms with van der Waals surface area (Å²) in [7, 11) is 1.97. The van der Waals surface area contributed by atoms with Crippen LogP contribution in [-0.4, -0.2) is 50.8 Å². The number of hydrogen-bond donors (Lipinski definition) is 1. The molecule has 3 heteroatoms. The van der Waals surface area contributed by atoms with Crippen LogP contribution in [0.3, 0.4) is 0 Å². The van der Waals surface area contributed by atoms with E-state index in [9.17, 15) is 0 Å². The van der Waals surface area contributed by atoms with Crippen LogP contribution >= 0.6 is 0 Å². The Bertz CT molecular complexity index is 124. The van der Waals surface area contributed by atoms with Crippen molar-refractivity contribution >= 4 is 0 Å². The smallest absolute Gasteiger partial charge is 0.0617 e. The van der Waals surface area contributed by atoms with Crippen LogP contribution in [0.1, 0.15) is 19.8 Å². The van der Waals surface area contributed by atoms with Crippen molar-refractivity contribution < 1.29 is 4.74 Å². The van der Waals surface area contributed by atoms with Crippen molar-refractivity contribution in [3.63, 3.8) is 0 Å². The molecule has 0 amide bonds. The maximum atomic E-state index is 5.54. The molecule has 13 heavy (non-hydrogen) atoms. The lowest BCUT2D eigenvalue weighted by Gasteiger charge is -2.15. The van der Waals surface area contributed by atoms with Crippen molar-refractivity contribution in [2.75, 3.05) is 39.9 Å². The first kappa shape index (κ1) is 11.0. The molecule has 1 unspecified atom stereocenters. The SMILES string of the molecule is CNC(C)COCCN1CCCC1. The number of likely N-dealkylation sites (N-methyl/N-ethyl adjacent to an activating group) is 1. The molecule has 0 aliphatic carbocycles. The number of nitrogens with one attached hydrogen (secondary N) is 1. The van der Waals surface area contributed by atoms with E-state index in [1.165, 1.54) is 25.9 Å². The summed E-state index contributed by atoms with van der Waals surface area (Å²) >= 11 is 0. The van der Waals surface area contributed by atoms with E-state index in [-0.39, 0.29) is 0 Å². The minimum atomic E-state index is 0.471. The number of nitrogens with zero attached hydrogens (tertiary/aromatic N) is 1. The van der Waals surface area contributed by atoms with Crippen LogP contribution in [0.2, 0.25) is 0 Å². The van der Waals surface area contributed by atoms with Gasteiger partial charge in [0, 0.05) is 12.6 Å². The average Bonchev–Trinajstić information content (AvgIpc) is 2.64. The summed E-state index contributed by atoms with van der Waals surface area (Å²) in [5.41, 5.74) is 0. The van der Waals surface area contributed by atoms with Gasteiger partial charge in [0.05, 0.1) is 13.2 Å². The third kappa shape index (κ3) is 4.60. The fraction of sp³-hybridized carbons (Fsp3) is 1.00. The number of hydrogen-bond acceptors (Lipinski definition) is 3. The molecule has 0 radical (unpaired) electrons. The highest BCUT2D eigenvalue weighted by Crippen LogP contribution is 2.05. The molecule has 1 N–H and O–H groups in total. The fourth-order valence-corrected chi connectivity index (χ4v) is 1.54. The molecule has 78 valence electrons. The first-order valence-corrected chi connectivity index (χ1v) is 5.30. The maximum absolute atomic E-state index is 5.54. The Morgan fingerprint density at radius 2 is 2.08 bits per heavy atom. The lowest BCUT2D eigenvalue weighted by molar-refractivity contribution is 0.0977. The van der Waals surface area contributed by atoms with Gasteiger partial charge in [-0.2, -0.15) is 0 Å². The van der Waals surface area contributed by atoms with Crippen LogP contribution in [0.4, 0.5) is 0 Å². The van der Waals surface area contributed by atoms with Gasteiger partial charge in [-0.1, -0.05) is 0 Å². The van der Waals surface area contributed by atoms with Gasteiger partial charge in [0.15, 0.2) is 0 Å². The van der Waals surface area contributed by atoms with Gasteiger partial charge in [-0.3, -0.25) is 0 Å². The van der Waals surface area contributed by atoms with Gasteiger partial charge in [0.25, 0.3) is 0 Å². The second kappa shape index (κ2) is 6.35. The summed E-state index contributed by atoms with van der Waals surface area (Å²) in [6.07, 6.45) is 2.74. The topological polar surface area (TPSA) is 24.5 Å². The number of rotatable bonds is 6. The molecular formula is C10H22N2O. The molecule has 0 saturated carbocycles. The molecule has 0 bridgehead atoms. The number of likely N-dealkylation sites (tertiary alicyclic amines) is 1. The van der Waals surface area contributed by atoms with Crippen molar-refractivity contribution in [3.8, 4) is 0 Å². The quantitative estimate of drug-likeness (QED) is 0.618. The van der Waals surface area contributed by atoms with Gasteiger partial charge in [-0.25, -0.2) is 0 Å². The van der Waals surface area contributed by atoms with Gasteiger partial charge in [0.2, 0.25) is 0 Å². The summed E-state index contributed by atoms with van der Waals surface area (Å²) in [5, 5.41) is 3.15. The molecule has 0 aromatic carbocycles. The van der Waals surface area contributed by atoms with Crippen LogP contribution in [0.25, 0.3) is 0 Å². The lowest BCUT2D eigenvalue weighted by atomic mass is 10.4. The maximum Gasteiger partial charge on any atom is 0.0617 e. The molecule has 0 aromatic rings. The molecule has 1 heterocycles. The highest BCUT2D eigenvalue weighted by molar-refractivity contribution is 4.65. The first-order chi connectivity index (χ1) is 6.33. The summed E-state index contributed by atoms with van der Waals surface area (Å²) < 4.78 is 5.54. The summed E-state index contributed by atoms with van der Waals surface area (Å²) in [5.74, 6) is 0. The predicted octanol–water partition coefficient (Wildman–Crippen LogP) is 0.707. The zero-order chi connectivity index (χ0) is 9.52. The molecule has 1 saturated heterocycles. The van der Waals surface area contributed by atoms with Gasteiger partial charge in [-0.05, 0) is 39.9 Å². The molecule has 1 aliphatic rings. The number of ether oxygens (including phenoxy) is 1. The summed E-state index contributed by atoms with van der Waals surface area (Å²) in [6.45, 7) is 7.48. The molecule has 1 aliphatic heterocycles. The standard InChI is InChI=1S/C10H22N2O/c1-10(11-2)9-13-8-7-12-5-3-4-6-12/h10-11H,3-9H2,1-2H3. The largest absolute Gasteiger partial charge is 0.379 e. The van der Waals surface area contributed by atoms with Gasteiger partial charge < -0.3 is 15.0 Å². The van der Waals surface area contributed by atoms with E-state index < -0.39 is 0 Å². The fourth-order valence-electron chi connectivity index (χ4n) is 1.54. The van der Waals surface area contributed by atoms with Crippen molar-refractivity contribution in [1.29, 1.82) is 0 Å². The van der Waals surface area contributed by atoms with Crippen molar-refractivity contribution in [2.24, 2.45) is 0 Å². The zero-order valence-corrected chi connectivity index (χ0v) is 8.88. The zero-order valence-electron chi connectivity index (χ0n) is 8.88. The van der Waals surface area contributed by atoms with E-state index in [1.54, 1.807) is 0 Å². The molecule has 1 atom stereocenters. The highest BCUT2D eigenvalue weighted by atomic mass is 16.5. The molecule has 1 rings (SSSR count). The molecule has 1 fully saturated rings. The van der Waals surface area contributed by atoms with Crippen molar-refractivity contribution in [1.82, 2.24) is 10.2 Å². The Balaban J connectivity index is 1.88. The monoisotopic (exact) mass is 186 g/mol. The second-order valence-corrected chi connectivity index (χ2v) is 3.81. The summed E-state index contributed by atoms with van der Waals surface area (Å²) in [6, 6.07) is 0.471. The van der Waals surface area contributed by atoms with Crippen molar-refractivity contribution in [3.05, 3.63) is 0 Å². The third-order valence-electron chi connectivity index (χ3n) is 2.61. The minimum absolute atomic E-state index is 0.471. The molecule has 0 spiro atoms. The van der Waals surface area contributed by atoms with Crippen LogP contribution in [0.5, 0.6) is 0 Å². The molecule has 0 aromatic heterocycles. The van der Waals surface area contributed by atoms with E-state index in [0.29, 0.717) is 6.04 Å². The Kier molecular flexibility index (Phi) is 5.35. The Hall–Kier alpha value is -0.120. The van der Waals surface area contributed by atoms with Gasteiger partial charge in [0.1, 0.15) is 0 Å². The predicted molar refractivity (Wildman–Crippen MR) is 55.0 cm³/mol. The van der Waals surface area contributed by atoms with Crippen LogP contribution in [-0.2, 0) is 4.74 Å². The van der Waals surface area contributed by atoms with Crippen molar-refractivity contribution in [2.45, 2.75) is 25.8 Å². The molecule has 3 nitrogen and oxygen atoms in total. The minimum Gasteiger partial charge on any atom is -0.379 e. The first-order valence-electron chi connectivity index (χ1n) is 5.30. The molecular weight excluding hydrogens is 164 g/mol.